The molecule has 0 radical (unpaired) electrons. The zero-order chi connectivity index (χ0) is 16.7. The molecule has 5 rings (SSSR count). The molecule has 0 aliphatic carbocycles. The van der Waals surface area contributed by atoms with Crippen LogP contribution in [-0.4, -0.2) is 6.61 Å². The number of para-hydroxylation sites is 2. The van der Waals surface area contributed by atoms with Crippen molar-refractivity contribution >= 4 is 11.3 Å². The molecule has 122 valence electrons. The number of anilines is 1. The van der Waals surface area contributed by atoms with E-state index in [1.165, 1.54) is 28.0 Å². The van der Waals surface area contributed by atoms with Crippen LogP contribution in [0.4, 0.5) is 5.69 Å². The fourth-order valence-electron chi connectivity index (χ4n) is 3.98. The standard InChI is InChI=1S/C23H19NO/c1-2-8-17(9-3-1)19-16-23(24-21-12-6-4-10-18(19)21)14-15-25-22-13-7-5-11-20(22)23/h1-13,16,24H,14-15H2/t23-/m0/s1. The molecule has 2 aliphatic heterocycles. The molecule has 0 saturated heterocycles. The number of hydrogen-bond acceptors (Lipinski definition) is 2. The van der Waals surface area contributed by atoms with E-state index in [0.29, 0.717) is 6.61 Å². The highest BCUT2D eigenvalue weighted by Gasteiger charge is 2.39. The van der Waals surface area contributed by atoms with Crippen molar-refractivity contribution in [2.24, 2.45) is 0 Å². The van der Waals surface area contributed by atoms with Crippen LogP contribution in [0.2, 0.25) is 0 Å². The first-order chi connectivity index (χ1) is 12.4. The Balaban J connectivity index is 1.77. The highest BCUT2D eigenvalue weighted by Crippen LogP contribution is 2.47. The second-order valence-electron chi connectivity index (χ2n) is 6.66. The molecule has 2 heteroatoms. The second kappa shape index (κ2) is 5.52. The van der Waals surface area contributed by atoms with Crippen LogP contribution in [0.1, 0.15) is 23.1 Å². The van der Waals surface area contributed by atoms with E-state index in [-0.39, 0.29) is 5.54 Å². The smallest absolute Gasteiger partial charge is 0.125 e. The average molecular weight is 325 g/mol. The van der Waals surface area contributed by atoms with Crippen LogP contribution in [0.25, 0.3) is 5.57 Å². The molecule has 0 fully saturated rings. The Labute approximate surface area is 147 Å². The number of hydrogen-bond donors (Lipinski definition) is 1. The quantitative estimate of drug-likeness (QED) is 0.662. The van der Waals surface area contributed by atoms with E-state index in [4.69, 9.17) is 4.74 Å². The minimum Gasteiger partial charge on any atom is -0.493 e. The van der Waals surface area contributed by atoms with Crippen LogP contribution < -0.4 is 10.1 Å². The Morgan fingerprint density at radius 3 is 2.48 bits per heavy atom. The van der Waals surface area contributed by atoms with Crippen LogP contribution in [0.3, 0.4) is 0 Å². The van der Waals surface area contributed by atoms with Gasteiger partial charge in [-0.25, -0.2) is 0 Å². The summed E-state index contributed by atoms with van der Waals surface area (Å²) < 4.78 is 5.91. The lowest BCUT2D eigenvalue weighted by Crippen LogP contribution is -2.40. The molecule has 0 unspecified atom stereocenters. The Kier molecular flexibility index (Phi) is 3.17. The van der Waals surface area contributed by atoms with Crippen molar-refractivity contribution in [3.63, 3.8) is 0 Å². The molecule has 1 spiro atoms. The molecule has 2 aliphatic rings. The molecule has 25 heavy (non-hydrogen) atoms. The van der Waals surface area contributed by atoms with Crippen molar-refractivity contribution in [2.75, 3.05) is 11.9 Å². The summed E-state index contributed by atoms with van der Waals surface area (Å²) in [6.07, 6.45) is 3.31. The van der Waals surface area contributed by atoms with Crippen molar-refractivity contribution < 1.29 is 4.74 Å². The van der Waals surface area contributed by atoms with Gasteiger partial charge < -0.3 is 10.1 Å². The maximum absolute atomic E-state index is 5.91. The summed E-state index contributed by atoms with van der Waals surface area (Å²) in [5.41, 5.74) is 5.95. The predicted molar refractivity (Wildman–Crippen MR) is 102 cm³/mol. The molecule has 2 heterocycles. The maximum atomic E-state index is 5.91. The van der Waals surface area contributed by atoms with Crippen LogP contribution in [0, 0.1) is 0 Å². The summed E-state index contributed by atoms with van der Waals surface area (Å²) in [6, 6.07) is 27.6. The zero-order valence-corrected chi connectivity index (χ0v) is 13.9. The van der Waals surface area contributed by atoms with E-state index in [0.717, 1.165) is 12.2 Å². The molecule has 3 aromatic carbocycles. The van der Waals surface area contributed by atoms with E-state index >= 15 is 0 Å². The monoisotopic (exact) mass is 325 g/mol. The van der Waals surface area contributed by atoms with Crippen LogP contribution in [0.15, 0.2) is 84.9 Å². The molecule has 1 N–H and O–H groups in total. The first kappa shape index (κ1) is 14.4. The summed E-state index contributed by atoms with van der Waals surface area (Å²) in [7, 11) is 0. The van der Waals surface area contributed by atoms with Crippen LogP contribution in [0.5, 0.6) is 5.75 Å². The Morgan fingerprint density at radius 2 is 1.56 bits per heavy atom. The summed E-state index contributed by atoms with van der Waals surface area (Å²) in [4.78, 5) is 0. The summed E-state index contributed by atoms with van der Waals surface area (Å²) in [5.74, 6) is 0.976. The number of fused-ring (bicyclic) bond motifs is 3. The Bertz CT molecular complexity index is 961. The van der Waals surface area contributed by atoms with Gasteiger partial charge in [-0.2, -0.15) is 0 Å². The van der Waals surface area contributed by atoms with E-state index in [1.54, 1.807) is 0 Å². The lowest BCUT2D eigenvalue weighted by atomic mass is 9.77. The number of benzene rings is 3. The van der Waals surface area contributed by atoms with Gasteiger partial charge in [0, 0.05) is 23.2 Å². The third kappa shape index (κ3) is 2.25. The second-order valence-corrected chi connectivity index (χ2v) is 6.66. The normalized spacial score (nSPS) is 20.7. The number of nitrogens with one attached hydrogen (secondary N) is 1. The van der Waals surface area contributed by atoms with Gasteiger partial charge in [-0.1, -0.05) is 66.7 Å². The third-order valence-corrected chi connectivity index (χ3v) is 5.17. The Hall–Kier alpha value is -3.00. The zero-order valence-electron chi connectivity index (χ0n) is 13.9. The predicted octanol–water partition coefficient (Wildman–Crippen LogP) is 5.22. The van der Waals surface area contributed by atoms with E-state index in [2.05, 4.69) is 84.2 Å². The van der Waals surface area contributed by atoms with Gasteiger partial charge in [-0.05, 0) is 29.3 Å². The van der Waals surface area contributed by atoms with Gasteiger partial charge in [0.05, 0.1) is 12.1 Å². The average Bonchev–Trinajstić information content (AvgIpc) is 2.68. The highest BCUT2D eigenvalue weighted by molar-refractivity contribution is 5.90. The molecular formula is C23H19NO. The van der Waals surface area contributed by atoms with Crippen LogP contribution >= 0.6 is 0 Å². The minimum absolute atomic E-state index is 0.228. The topological polar surface area (TPSA) is 21.3 Å². The van der Waals surface area contributed by atoms with Gasteiger partial charge in [0.2, 0.25) is 0 Å². The lowest BCUT2D eigenvalue weighted by Gasteiger charge is -2.42. The fraction of sp³-hybridized carbons (Fsp3) is 0.130. The molecule has 0 amide bonds. The minimum atomic E-state index is -0.228. The number of rotatable bonds is 1. The first-order valence-electron chi connectivity index (χ1n) is 8.74. The van der Waals surface area contributed by atoms with Crippen molar-refractivity contribution in [2.45, 2.75) is 12.0 Å². The summed E-state index contributed by atoms with van der Waals surface area (Å²) >= 11 is 0. The largest absolute Gasteiger partial charge is 0.493 e. The third-order valence-electron chi connectivity index (χ3n) is 5.17. The molecule has 0 aromatic heterocycles. The molecule has 3 aromatic rings. The number of ether oxygens (including phenoxy) is 1. The lowest BCUT2D eigenvalue weighted by molar-refractivity contribution is 0.250. The van der Waals surface area contributed by atoms with Crippen molar-refractivity contribution in [1.82, 2.24) is 0 Å². The summed E-state index contributed by atoms with van der Waals surface area (Å²) in [6.45, 7) is 0.713. The van der Waals surface area contributed by atoms with Gasteiger partial charge >= 0.3 is 0 Å². The first-order valence-corrected chi connectivity index (χ1v) is 8.74. The van der Waals surface area contributed by atoms with Gasteiger partial charge in [0.1, 0.15) is 5.75 Å². The van der Waals surface area contributed by atoms with E-state index in [9.17, 15) is 0 Å². The van der Waals surface area contributed by atoms with Crippen molar-refractivity contribution in [1.29, 1.82) is 0 Å². The SMILES string of the molecule is C1=C(c2ccccc2)c2ccccc2N[C@@]12CCOc1ccccc12. The molecule has 2 nitrogen and oxygen atoms in total. The Morgan fingerprint density at radius 1 is 0.800 bits per heavy atom. The highest BCUT2D eigenvalue weighted by atomic mass is 16.5. The molecule has 1 atom stereocenters. The van der Waals surface area contributed by atoms with Gasteiger partial charge in [-0.3, -0.25) is 0 Å². The van der Waals surface area contributed by atoms with Gasteiger partial charge in [-0.15, -0.1) is 0 Å². The van der Waals surface area contributed by atoms with E-state index in [1.807, 2.05) is 6.07 Å². The molecule has 0 bridgehead atoms. The molecule has 0 saturated carbocycles. The van der Waals surface area contributed by atoms with Crippen molar-refractivity contribution in [3.8, 4) is 5.75 Å². The fourth-order valence-corrected chi connectivity index (χ4v) is 3.98. The maximum Gasteiger partial charge on any atom is 0.125 e. The van der Waals surface area contributed by atoms with Gasteiger partial charge in [0.15, 0.2) is 0 Å². The summed E-state index contributed by atoms with van der Waals surface area (Å²) in [5, 5.41) is 3.81. The van der Waals surface area contributed by atoms with Crippen LogP contribution in [-0.2, 0) is 5.54 Å². The van der Waals surface area contributed by atoms with Gasteiger partial charge in [0.25, 0.3) is 0 Å². The molecular weight excluding hydrogens is 306 g/mol. The van der Waals surface area contributed by atoms with Crippen molar-refractivity contribution in [3.05, 3.63) is 102 Å². The van der Waals surface area contributed by atoms with E-state index < -0.39 is 0 Å².